The molecule has 118 valence electrons. The third kappa shape index (κ3) is 5.06. The van der Waals surface area contributed by atoms with Gasteiger partial charge in [-0.25, -0.2) is 5.43 Å². The van der Waals surface area contributed by atoms with Crippen LogP contribution in [0.3, 0.4) is 0 Å². The van der Waals surface area contributed by atoms with Gasteiger partial charge in [-0.2, -0.15) is 0 Å². The molecule has 4 nitrogen and oxygen atoms in total. The van der Waals surface area contributed by atoms with E-state index < -0.39 is 0 Å². The van der Waals surface area contributed by atoms with Crippen LogP contribution in [0.5, 0.6) is 5.75 Å². The molecular weight excluding hydrogens is 276 g/mol. The molecule has 22 heavy (non-hydrogen) atoms. The Balaban J connectivity index is 1.94. The van der Waals surface area contributed by atoms with Crippen molar-refractivity contribution in [2.24, 2.45) is 0 Å². The van der Waals surface area contributed by atoms with Gasteiger partial charge in [-0.05, 0) is 36.2 Å². The van der Waals surface area contributed by atoms with Gasteiger partial charge in [0.05, 0.1) is 13.2 Å². The van der Waals surface area contributed by atoms with Gasteiger partial charge in [0.15, 0.2) is 0 Å². The van der Waals surface area contributed by atoms with Gasteiger partial charge in [-0.1, -0.05) is 31.2 Å². The number of hydrogen-bond acceptors (Lipinski definition) is 4. The van der Waals surface area contributed by atoms with Gasteiger partial charge in [0.1, 0.15) is 5.75 Å². The molecule has 0 atom stereocenters. The summed E-state index contributed by atoms with van der Waals surface area (Å²) in [5.74, 6) is 0.906. The van der Waals surface area contributed by atoms with Gasteiger partial charge >= 0.3 is 0 Å². The summed E-state index contributed by atoms with van der Waals surface area (Å²) < 4.78 is 11.0. The lowest BCUT2D eigenvalue weighted by molar-refractivity contribution is 0.179. The molecule has 0 saturated carbocycles. The van der Waals surface area contributed by atoms with E-state index in [-0.39, 0.29) is 0 Å². The van der Waals surface area contributed by atoms with E-state index in [1.807, 2.05) is 36.4 Å². The quantitative estimate of drug-likeness (QED) is 0.692. The van der Waals surface area contributed by atoms with Gasteiger partial charge in [0.25, 0.3) is 0 Å². The molecule has 4 heteroatoms. The molecule has 0 aromatic heterocycles. The summed E-state index contributed by atoms with van der Waals surface area (Å²) >= 11 is 0. The zero-order valence-corrected chi connectivity index (χ0v) is 13.3. The molecule has 0 radical (unpaired) electrons. The van der Waals surface area contributed by atoms with Crippen LogP contribution in [0.2, 0.25) is 0 Å². The number of para-hydroxylation sites is 1. The normalized spacial score (nSPS) is 10.5. The molecule has 0 bridgehead atoms. The summed E-state index contributed by atoms with van der Waals surface area (Å²) in [6.45, 7) is 4.10. The molecule has 0 heterocycles. The van der Waals surface area contributed by atoms with Gasteiger partial charge in [-0.15, -0.1) is 0 Å². The van der Waals surface area contributed by atoms with Crippen molar-refractivity contribution in [2.45, 2.75) is 26.5 Å². The lowest BCUT2D eigenvalue weighted by Crippen LogP contribution is -2.20. The molecular formula is C18H24N2O2. The highest BCUT2D eigenvalue weighted by Crippen LogP contribution is 2.21. The molecule has 2 rings (SSSR count). The van der Waals surface area contributed by atoms with Crippen molar-refractivity contribution in [3.05, 3.63) is 59.7 Å². The van der Waals surface area contributed by atoms with E-state index in [4.69, 9.17) is 9.47 Å². The van der Waals surface area contributed by atoms with Crippen molar-refractivity contribution in [2.75, 3.05) is 19.1 Å². The Morgan fingerprint density at radius 1 is 1.05 bits per heavy atom. The third-order valence-corrected chi connectivity index (χ3v) is 3.19. The number of nitrogens with one attached hydrogen (secondary N) is 2. The van der Waals surface area contributed by atoms with Crippen molar-refractivity contribution >= 4 is 5.69 Å². The summed E-state index contributed by atoms with van der Waals surface area (Å²) in [6.07, 6.45) is 0.997. The Hall–Kier alpha value is -2.04. The van der Waals surface area contributed by atoms with Crippen LogP contribution < -0.4 is 15.6 Å². The average molecular weight is 300 g/mol. The second-order valence-corrected chi connectivity index (χ2v) is 5.07. The van der Waals surface area contributed by atoms with Gasteiger partial charge in [0.2, 0.25) is 0 Å². The number of ether oxygens (including phenoxy) is 2. The molecule has 0 aliphatic heterocycles. The minimum Gasteiger partial charge on any atom is -0.493 e. The topological polar surface area (TPSA) is 42.5 Å². The summed E-state index contributed by atoms with van der Waals surface area (Å²) in [6, 6.07) is 16.2. The fourth-order valence-electron chi connectivity index (χ4n) is 2.13. The Morgan fingerprint density at radius 2 is 1.86 bits per heavy atom. The number of hydrogen-bond donors (Lipinski definition) is 2. The first-order valence-corrected chi connectivity index (χ1v) is 7.61. The number of rotatable bonds is 9. The number of methoxy groups -OCH3 is 1. The lowest BCUT2D eigenvalue weighted by Gasteiger charge is -2.13. The molecule has 0 spiro atoms. The van der Waals surface area contributed by atoms with Crippen LogP contribution in [0, 0.1) is 0 Å². The van der Waals surface area contributed by atoms with Crippen molar-refractivity contribution in [1.82, 2.24) is 5.43 Å². The molecule has 0 saturated heterocycles. The SMILES string of the molecule is CCCOc1ccc(CNNc2ccccc2)cc1COC. The summed E-state index contributed by atoms with van der Waals surface area (Å²) in [4.78, 5) is 0. The number of benzene rings is 2. The Morgan fingerprint density at radius 3 is 2.59 bits per heavy atom. The smallest absolute Gasteiger partial charge is 0.124 e. The fraction of sp³-hybridized carbons (Fsp3) is 0.333. The zero-order valence-electron chi connectivity index (χ0n) is 13.3. The third-order valence-electron chi connectivity index (χ3n) is 3.19. The predicted molar refractivity (Wildman–Crippen MR) is 89.8 cm³/mol. The van der Waals surface area contributed by atoms with Crippen LogP contribution in [-0.2, 0) is 17.9 Å². The van der Waals surface area contributed by atoms with Crippen molar-refractivity contribution in [3.8, 4) is 5.75 Å². The molecule has 2 aromatic carbocycles. The van der Waals surface area contributed by atoms with Crippen molar-refractivity contribution in [3.63, 3.8) is 0 Å². The average Bonchev–Trinajstić information content (AvgIpc) is 2.55. The number of anilines is 1. The molecule has 2 aromatic rings. The Labute approximate surface area is 132 Å². The highest BCUT2D eigenvalue weighted by molar-refractivity contribution is 5.41. The highest BCUT2D eigenvalue weighted by atomic mass is 16.5. The van der Waals surface area contributed by atoms with Crippen molar-refractivity contribution in [1.29, 1.82) is 0 Å². The standard InChI is InChI=1S/C18H24N2O2/c1-3-11-22-18-10-9-15(12-16(18)14-21-2)13-19-20-17-7-5-4-6-8-17/h4-10,12,19-20H,3,11,13-14H2,1-2H3. The van der Waals surface area contributed by atoms with Gasteiger partial charge in [-0.3, -0.25) is 0 Å². The van der Waals surface area contributed by atoms with Crippen LogP contribution in [0.15, 0.2) is 48.5 Å². The van der Waals surface area contributed by atoms with Crippen LogP contribution in [0.25, 0.3) is 0 Å². The molecule has 2 N–H and O–H groups in total. The van der Waals surface area contributed by atoms with Crippen LogP contribution in [-0.4, -0.2) is 13.7 Å². The second-order valence-electron chi connectivity index (χ2n) is 5.07. The Bertz CT molecular complexity index is 558. The Kier molecular flexibility index (Phi) is 6.74. The fourth-order valence-corrected chi connectivity index (χ4v) is 2.13. The molecule has 0 aliphatic carbocycles. The molecule has 0 unspecified atom stereocenters. The van der Waals surface area contributed by atoms with E-state index in [1.54, 1.807) is 7.11 Å². The van der Waals surface area contributed by atoms with Crippen LogP contribution in [0.1, 0.15) is 24.5 Å². The minimum atomic E-state index is 0.555. The maximum absolute atomic E-state index is 5.75. The first kappa shape index (κ1) is 16.3. The zero-order chi connectivity index (χ0) is 15.6. The van der Waals surface area contributed by atoms with Crippen LogP contribution in [0.4, 0.5) is 5.69 Å². The minimum absolute atomic E-state index is 0.555. The first-order valence-electron chi connectivity index (χ1n) is 7.61. The second kappa shape index (κ2) is 9.07. The monoisotopic (exact) mass is 300 g/mol. The van der Waals surface area contributed by atoms with Gasteiger partial charge in [0, 0.05) is 24.9 Å². The highest BCUT2D eigenvalue weighted by Gasteiger charge is 2.05. The van der Waals surface area contributed by atoms with E-state index in [1.165, 1.54) is 5.56 Å². The molecule has 0 aliphatic rings. The first-order chi connectivity index (χ1) is 10.8. The molecule has 0 fully saturated rings. The summed E-state index contributed by atoms with van der Waals surface area (Å²) in [7, 11) is 1.70. The van der Waals surface area contributed by atoms with Gasteiger partial charge < -0.3 is 14.9 Å². The maximum Gasteiger partial charge on any atom is 0.124 e. The predicted octanol–water partition coefficient (Wildman–Crippen LogP) is 3.74. The van der Waals surface area contributed by atoms with E-state index in [0.717, 1.165) is 36.6 Å². The van der Waals surface area contributed by atoms with E-state index in [9.17, 15) is 0 Å². The van der Waals surface area contributed by atoms with E-state index >= 15 is 0 Å². The van der Waals surface area contributed by atoms with Crippen molar-refractivity contribution < 1.29 is 9.47 Å². The summed E-state index contributed by atoms with van der Waals surface area (Å²) in [5.41, 5.74) is 9.70. The van der Waals surface area contributed by atoms with E-state index in [0.29, 0.717) is 6.61 Å². The van der Waals surface area contributed by atoms with Crippen LogP contribution >= 0.6 is 0 Å². The largest absolute Gasteiger partial charge is 0.493 e. The maximum atomic E-state index is 5.75. The molecule has 0 amide bonds. The lowest BCUT2D eigenvalue weighted by atomic mass is 10.1. The summed E-state index contributed by atoms with van der Waals surface area (Å²) in [5, 5.41) is 0. The number of hydrazine groups is 1. The van der Waals surface area contributed by atoms with E-state index in [2.05, 4.69) is 29.9 Å².